The van der Waals surface area contributed by atoms with Gasteiger partial charge in [-0.1, -0.05) is 45.5 Å². The van der Waals surface area contributed by atoms with Crippen molar-refractivity contribution in [2.45, 2.75) is 0 Å². The van der Waals surface area contributed by atoms with Crippen LogP contribution in [-0.4, -0.2) is 34.0 Å². The summed E-state index contributed by atoms with van der Waals surface area (Å²) < 4.78 is 13.6. The fraction of sp³-hybridized carbons (Fsp3) is 0.118. The van der Waals surface area contributed by atoms with Crippen LogP contribution in [0, 0.1) is 0 Å². The summed E-state index contributed by atoms with van der Waals surface area (Å²) in [6.07, 6.45) is 0. The second kappa shape index (κ2) is 6.45. The van der Waals surface area contributed by atoms with Crippen molar-refractivity contribution in [3.8, 4) is 33.5 Å². The molecule has 25 heavy (non-hydrogen) atoms. The highest BCUT2D eigenvalue weighted by atomic mass is 79.9. The number of fused-ring (bicyclic) bond motifs is 1. The molecule has 6 nitrogen and oxygen atoms in total. The summed E-state index contributed by atoms with van der Waals surface area (Å²) in [5.41, 5.74) is 1.80. The molecule has 0 saturated carbocycles. The molecule has 0 radical (unpaired) electrons. The van der Waals surface area contributed by atoms with Crippen LogP contribution in [0.25, 0.3) is 26.9 Å². The van der Waals surface area contributed by atoms with Gasteiger partial charge < -0.3 is 9.47 Å². The second-order valence-electron chi connectivity index (χ2n) is 5.18. The summed E-state index contributed by atoms with van der Waals surface area (Å²) >= 11 is 4.93. The molecule has 0 fully saturated rings. The number of benzene rings is 2. The molecule has 0 aliphatic rings. The molecule has 0 bridgehead atoms. The quantitative estimate of drug-likeness (QED) is 0.496. The third kappa shape index (κ3) is 2.77. The Labute approximate surface area is 156 Å². The summed E-state index contributed by atoms with van der Waals surface area (Å²) in [6, 6.07) is 13.6. The number of aromatic nitrogens is 4. The Morgan fingerprint density at radius 3 is 2.64 bits per heavy atom. The van der Waals surface area contributed by atoms with Gasteiger partial charge in [-0.15, -0.1) is 10.2 Å². The third-order valence-electron chi connectivity index (χ3n) is 3.71. The van der Waals surface area contributed by atoms with E-state index in [1.54, 1.807) is 18.7 Å². The minimum atomic E-state index is 0.652. The fourth-order valence-corrected chi connectivity index (χ4v) is 3.85. The summed E-state index contributed by atoms with van der Waals surface area (Å²) in [5, 5.41) is 14.0. The van der Waals surface area contributed by atoms with Crippen LogP contribution in [-0.2, 0) is 0 Å². The molecular formula is C17H13BrN4O2S. The Hall–Kier alpha value is -2.45. The zero-order chi connectivity index (χ0) is 17.4. The zero-order valence-electron chi connectivity index (χ0n) is 13.4. The van der Waals surface area contributed by atoms with Crippen LogP contribution < -0.4 is 9.47 Å². The normalized spacial score (nSPS) is 11.0. The van der Waals surface area contributed by atoms with Gasteiger partial charge in [0.15, 0.2) is 22.3 Å². The molecule has 0 aliphatic heterocycles. The maximum atomic E-state index is 5.52. The molecule has 0 amide bonds. The van der Waals surface area contributed by atoms with Crippen LogP contribution in [0.1, 0.15) is 0 Å². The lowest BCUT2D eigenvalue weighted by Gasteiger charge is -2.10. The number of nitrogens with zero attached hydrogens (tertiary/aromatic N) is 4. The summed E-state index contributed by atoms with van der Waals surface area (Å²) in [4.78, 5) is 0.717. The smallest absolute Gasteiger partial charge is 0.235 e. The number of hydrogen-bond acceptors (Lipinski definition) is 6. The van der Waals surface area contributed by atoms with E-state index >= 15 is 0 Å². The first-order valence-electron chi connectivity index (χ1n) is 7.41. The standard InChI is InChI=1S/C17H13BrN4O2S/c1-23-13-8-4-7-12(14(13)24-2)16-21-22-15(19-20-17(22)25-16)10-5-3-6-11(18)9-10/h3-9H,1-2H3. The Kier molecular flexibility index (Phi) is 4.14. The van der Waals surface area contributed by atoms with E-state index in [1.807, 2.05) is 42.5 Å². The molecule has 0 unspecified atom stereocenters. The average Bonchev–Trinajstić information content (AvgIpc) is 3.21. The van der Waals surface area contributed by atoms with Gasteiger partial charge in [-0.2, -0.15) is 9.61 Å². The highest BCUT2D eigenvalue weighted by Gasteiger charge is 2.18. The molecule has 0 saturated heterocycles. The van der Waals surface area contributed by atoms with Crippen LogP contribution in [0.15, 0.2) is 46.9 Å². The molecule has 2 heterocycles. The molecule has 0 spiro atoms. The lowest BCUT2D eigenvalue weighted by molar-refractivity contribution is 0.356. The molecular weight excluding hydrogens is 404 g/mol. The van der Waals surface area contributed by atoms with Crippen molar-refractivity contribution in [3.63, 3.8) is 0 Å². The van der Waals surface area contributed by atoms with E-state index in [0.717, 1.165) is 25.6 Å². The molecule has 2 aromatic heterocycles. The molecule has 2 aromatic carbocycles. The van der Waals surface area contributed by atoms with E-state index in [4.69, 9.17) is 14.6 Å². The average molecular weight is 417 g/mol. The van der Waals surface area contributed by atoms with Gasteiger partial charge in [0.1, 0.15) is 0 Å². The highest BCUT2D eigenvalue weighted by Crippen LogP contribution is 2.39. The second-order valence-corrected chi connectivity index (χ2v) is 7.05. The van der Waals surface area contributed by atoms with Gasteiger partial charge in [-0.25, -0.2) is 0 Å². The number of para-hydroxylation sites is 1. The van der Waals surface area contributed by atoms with Gasteiger partial charge in [0, 0.05) is 10.0 Å². The Morgan fingerprint density at radius 2 is 1.88 bits per heavy atom. The van der Waals surface area contributed by atoms with Gasteiger partial charge in [0.2, 0.25) is 4.96 Å². The van der Waals surface area contributed by atoms with E-state index in [2.05, 4.69) is 26.1 Å². The Morgan fingerprint density at radius 1 is 1.04 bits per heavy atom. The molecule has 0 aliphatic carbocycles. The summed E-state index contributed by atoms with van der Waals surface area (Å²) in [5.74, 6) is 2.01. The largest absolute Gasteiger partial charge is 0.493 e. The predicted octanol–water partition coefficient (Wildman–Crippen LogP) is 4.30. The van der Waals surface area contributed by atoms with Gasteiger partial charge in [0.05, 0.1) is 19.8 Å². The van der Waals surface area contributed by atoms with E-state index in [1.165, 1.54) is 11.3 Å². The van der Waals surface area contributed by atoms with Crippen molar-refractivity contribution in [1.82, 2.24) is 19.8 Å². The third-order valence-corrected chi connectivity index (χ3v) is 5.13. The van der Waals surface area contributed by atoms with Crippen LogP contribution >= 0.6 is 27.3 Å². The Bertz CT molecular complexity index is 1060. The number of ether oxygens (including phenoxy) is 2. The van der Waals surface area contributed by atoms with Crippen LogP contribution in [0.4, 0.5) is 0 Å². The number of rotatable bonds is 4. The van der Waals surface area contributed by atoms with Crippen LogP contribution in [0.3, 0.4) is 0 Å². The van der Waals surface area contributed by atoms with Crippen molar-refractivity contribution in [1.29, 1.82) is 0 Å². The van der Waals surface area contributed by atoms with Crippen molar-refractivity contribution in [3.05, 3.63) is 46.9 Å². The first kappa shape index (κ1) is 16.0. The molecule has 0 N–H and O–H groups in total. The summed E-state index contributed by atoms with van der Waals surface area (Å²) in [7, 11) is 3.24. The van der Waals surface area contributed by atoms with Gasteiger partial charge >= 0.3 is 0 Å². The number of hydrogen-bond donors (Lipinski definition) is 0. The molecule has 4 rings (SSSR count). The van der Waals surface area contributed by atoms with Gasteiger partial charge in [-0.3, -0.25) is 0 Å². The van der Waals surface area contributed by atoms with Crippen molar-refractivity contribution in [2.24, 2.45) is 0 Å². The van der Waals surface area contributed by atoms with Gasteiger partial charge in [-0.05, 0) is 24.3 Å². The van der Waals surface area contributed by atoms with Crippen LogP contribution in [0.2, 0.25) is 0 Å². The lowest BCUT2D eigenvalue weighted by Crippen LogP contribution is -1.94. The highest BCUT2D eigenvalue weighted by molar-refractivity contribution is 9.10. The van der Waals surface area contributed by atoms with Crippen molar-refractivity contribution in [2.75, 3.05) is 14.2 Å². The minimum absolute atomic E-state index is 0.652. The van der Waals surface area contributed by atoms with E-state index in [0.29, 0.717) is 17.3 Å². The molecule has 126 valence electrons. The number of methoxy groups -OCH3 is 2. The van der Waals surface area contributed by atoms with E-state index in [-0.39, 0.29) is 0 Å². The maximum absolute atomic E-state index is 5.52. The lowest BCUT2D eigenvalue weighted by atomic mass is 10.2. The monoisotopic (exact) mass is 416 g/mol. The van der Waals surface area contributed by atoms with Crippen molar-refractivity contribution < 1.29 is 9.47 Å². The molecule has 8 heteroatoms. The van der Waals surface area contributed by atoms with Crippen molar-refractivity contribution >= 4 is 32.2 Å². The topological polar surface area (TPSA) is 61.5 Å². The first-order valence-corrected chi connectivity index (χ1v) is 9.01. The maximum Gasteiger partial charge on any atom is 0.235 e. The SMILES string of the molecule is COc1cccc(-c2nn3c(-c4cccc(Br)c4)nnc3s2)c1OC. The number of halogens is 1. The first-order chi connectivity index (χ1) is 12.2. The predicted molar refractivity (Wildman–Crippen MR) is 100 cm³/mol. The van der Waals surface area contributed by atoms with E-state index in [9.17, 15) is 0 Å². The molecule has 0 atom stereocenters. The van der Waals surface area contributed by atoms with Gasteiger partial charge in [0.25, 0.3) is 0 Å². The Balaban J connectivity index is 1.87. The zero-order valence-corrected chi connectivity index (χ0v) is 15.8. The molecule has 4 aromatic rings. The summed E-state index contributed by atoms with van der Waals surface area (Å²) in [6.45, 7) is 0. The minimum Gasteiger partial charge on any atom is -0.493 e. The fourth-order valence-electron chi connectivity index (χ4n) is 2.59. The van der Waals surface area contributed by atoms with Crippen LogP contribution in [0.5, 0.6) is 11.5 Å². The van der Waals surface area contributed by atoms with E-state index < -0.39 is 0 Å².